The van der Waals surface area contributed by atoms with Crippen LogP contribution in [0.4, 0.5) is 4.79 Å². The van der Waals surface area contributed by atoms with E-state index < -0.39 is 6.09 Å². The van der Waals surface area contributed by atoms with E-state index in [9.17, 15) is 4.79 Å². The number of amides is 1. The molecule has 1 aromatic heterocycles. The highest BCUT2D eigenvalue weighted by molar-refractivity contribution is 6.30. The molecule has 4 nitrogen and oxygen atoms in total. The van der Waals surface area contributed by atoms with Crippen LogP contribution in [0.2, 0.25) is 5.02 Å². The number of hydrogen-bond donors (Lipinski definition) is 1. The standard InChI is InChI=1S/C14H12ClNO3/c15-12-4-1-3-11(9-12)10-19-14(17)16-7-6-13-5-2-8-18-13/h1-9H,10H2,(H,16,17). The summed E-state index contributed by atoms with van der Waals surface area (Å²) in [5, 5.41) is 3.08. The van der Waals surface area contributed by atoms with Gasteiger partial charge in [-0.3, -0.25) is 5.32 Å². The van der Waals surface area contributed by atoms with Crippen molar-refractivity contribution in [3.63, 3.8) is 0 Å². The summed E-state index contributed by atoms with van der Waals surface area (Å²) in [4.78, 5) is 11.4. The van der Waals surface area contributed by atoms with Gasteiger partial charge in [0.25, 0.3) is 0 Å². The molecule has 0 aliphatic heterocycles. The van der Waals surface area contributed by atoms with Crippen LogP contribution in [-0.2, 0) is 11.3 Å². The molecule has 5 heteroatoms. The average Bonchev–Trinajstić information content (AvgIpc) is 2.90. The van der Waals surface area contributed by atoms with E-state index in [1.165, 1.54) is 6.20 Å². The van der Waals surface area contributed by atoms with Crippen molar-refractivity contribution >= 4 is 23.8 Å². The molecule has 1 heterocycles. The van der Waals surface area contributed by atoms with Crippen molar-refractivity contribution < 1.29 is 13.9 Å². The smallest absolute Gasteiger partial charge is 0.411 e. The second-order valence-electron chi connectivity index (χ2n) is 3.70. The van der Waals surface area contributed by atoms with Gasteiger partial charge in [-0.15, -0.1) is 0 Å². The Kier molecular flexibility index (Phi) is 4.64. The molecule has 1 N–H and O–H groups in total. The lowest BCUT2D eigenvalue weighted by atomic mass is 10.2. The summed E-state index contributed by atoms with van der Waals surface area (Å²) < 4.78 is 10.1. The van der Waals surface area contributed by atoms with Gasteiger partial charge in [-0.05, 0) is 35.9 Å². The summed E-state index contributed by atoms with van der Waals surface area (Å²) in [5.74, 6) is 0.648. The first-order valence-electron chi connectivity index (χ1n) is 5.62. The largest absolute Gasteiger partial charge is 0.465 e. The first kappa shape index (κ1) is 13.2. The van der Waals surface area contributed by atoms with Crippen LogP contribution in [0.15, 0.2) is 53.3 Å². The zero-order valence-electron chi connectivity index (χ0n) is 10.0. The fraction of sp³-hybridized carbons (Fsp3) is 0.0714. The summed E-state index contributed by atoms with van der Waals surface area (Å²) in [5.41, 5.74) is 0.831. The van der Waals surface area contributed by atoms with Crippen molar-refractivity contribution in [1.82, 2.24) is 5.32 Å². The van der Waals surface area contributed by atoms with Gasteiger partial charge in [-0.2, -0.15) is 0 Å². The number of benzene rings is 1. The molecule has 2 aromatic rings. The first-order chi connectivity index (χ1) is 9.24. The fourth-order valence-corrected chi connectivity index (χ4v) is 1.61. The number of alkyl carbamates (subject to hydrolysis) is 1. The summed E-state index contributed by atoms with van der Waals surface area (Å²) >= 11 is 5.82. The molecule has 0 unspecified atom stereocenters. The molecule has 1 aromatic carbocycles. The predicted molar refractivity (Wildman–Crippen MR) is 72.5 cm³/mol. The number of nitrogens with one attached hydrogen (secondary N) is 1. The van der Waals surface area contributed by atoms with Crippen molar-refractivity contribution in [2.75, 3.05) is 0 Å². The van der Waals surface area contributed by atoms with Crippen LogP contribution in [0.3, 0.4) is 0 Å². The van der Waals surface area contributed by atoms with E-state index in [4.69, 9.17) is 20.8 Å². The van der Waals surface area contributed by atoms with Gasteiger partial charge in [0.15, 0.2) is 0 Å². The zero-order chi connectivity index (χ0) is 13.5. The molecule has 0 aliphatic rings. The van der Waals surface area contributed by atoms with Gasteiger partial charge < -0.3 is 9.15 Å². The molecule has 98 valence electrons. The van der Waals surface area contributed by atoms with Crippen LogP contribution in [-0.4, -0.2) is 6.09 Å². The Morgan fingerprint density at radius 3 is 3.00 bits per heavy atom. The van der Waals surface area contributed by atoms with E-state index in [-0.39, 0.29) is 6.61 Å². The van der Waals surface area contributed by atoms with Gasteiger partial charge in [0.05, 0.1) is 6.26 Å². The Morgan fingerprint density at radius 2 is 2.26 bits per heavy atom. The highest BCUT2D eigenvalue weighted by atomic mass is 35.5. The lowest BCUT2D eigenvalue weighted by Gasteiger charge is -2.04. The summed E-state index contributed by atoms with van der Waals surface area (Å²) in [6.07, 6.45) is 4.10. The summed E-state index contributed by atoms with van der Waals surface area (Å²) in [6, 6.07) is 10.7. The van der Waals surface area contributed by atoms with Gasteiger partial charge in [0.2, 0.25) is 0 Å². The molecule has 0 saturated carbocycles. The predicted octanol–water partition coefficient (Wildman–Crippen LogP) is 3.83. The van der Waals surface area contributed by atoms with Crippen LogP contribution < -0.4 is 5.32 Å². The van der Waals surface area contributed by atoms with E-state index in [0.717, 1.165) is 5.56 Å². The molecule has 0 bridgehead atoms. The van der Waals surface area contributed by atoms with Gasteiger partial charge in [0.1, 0.15) is 12.4 Å². The highest BCUT2D eigenvalue weighted by Gasteiger charge is 2.00. The molecule has 0 fully saturated rings. The van der Waals surface area contributed by atoms with Gasteiger partial charge >= 0.3 is 6.09 Å². The number of carbonyl (C=O) groups is 1. The Morgan fingerprint density at radius 1 is 1.37 bits per heavy atom. The van der Waals surface area contributed by atoms with Crippen LogP contribution in [0.25, 0.3) is 6.08 Å². The molecule has 0 spiro atoms. The maximum Gasteiger partial charge on any atom is 0.411 e. The van der Waals surface area contributed by atoms with E-state index in [0.29, 0.717) is 10.8 Å². The molecule has 19 heavy (non-hydrogen) atoms. The Labute approximate surface area is 115 Å². The summed E-state index contributed by atoms with van der Waals surface area (Å²) in [6.45, 7) is 0.168. The minimum absolute atomic E-state index is 0.168. The minimum Gasteiger partial charge on any atom is -0.465 e. The molecule has 0 atom stereocenters. The minimum atomic E-state index is -0.539. The second kappa shape index (κ2) is 6.66. The summed E-state index contributed by atoms with van der Waals surface area (Å²) in [7, 11) is 0. The van der Waals surface area contributed by atoms with Gasteiger partial charge in [0, 0.05) is 11.2 Å². The van der Waals surface area contributed by atoms with Crippen molar-refractivity contribution in [3.05, 3.63) is 65.2 Å². The van der Waals surface area contributed by atoms with Crippen LogP contribution >= 0.6 is 11.6 Å². The van der Waals surface area contributed by atoms with Gasteiger partial charge in [-0.25, -0.2) is 4.79 Å². The topological polar surface area (TPSA) is 51.5 Å². The number of halogens is 1. The molecule has 1 amide bonds. The Balaban J connectivity index is 1.76. The van der Waals surface area contributed by atoms with Crippen molar-refractivity contribution in [2.45, 2.75) is 6.61 Å². The van der Waals surface area contributed by atoms with Crippen molar-refractivity contribution in [2.24, 2.45) is 0 Å². The SMILES string of the molecule is O=C(NC=Cc1ccco1)OCc1cccc(Cl)c1. The molecule has 0 aliphatic carbocycles. The number of furan rings is 1. The molecule has 0 radical (unpaired) electrons. The Hall–Kier alpha value is -2.20. The average molecular weight is 278 g/mol. The second-order valence-corrected chi connectivity index (χ2v) is 4.14. The highest BCUT2D eigenvalue weighted by Crippen LogP contribution is 2.11. The number of carbonyl (C=O) groups excluding carboxylic acids is 1. The maximum atomic E-state index is 11.4. The van der Waals surface area contributed by atoms with E-state index in [1.807, 2.05) is 6.07 Å². The molecular formula is C14H12ClNO3. The third kappa shape index (κ3) is 4.52. The number of hydrogen-bond acceptors (Lipinski definition) is 3. The molecular weight excluding hydrogens is 266 g/mol. The lowest BCUT2D eigenvalue weighted by Crippen LogP contribution is -2.18. The third-order valence-corrected chi connectivity index (χ3v) is 2.49. The monoisotopic (exact) mass is 277 g/mol. The normalized spacial score (nSPS) is 10.6. The van der Waals surface area contributed by atoms with Crippen LogP contribution in [0.1, 0.15) is 11.3 Å². The maximum absolute atomic E-state index is 11.4. The zero-order valence-corrected chi connectivity index (χ0v) is 10.8. The van der Waals surface area contributed by atoms with E-state index in [1.54, 1.807) is 42.7 Å². The van der Waals surface area contributed by atoms with Crippen molar-refractivity contribution in [3.8, 4) is 0 Å². The quantitative estimate of drug-likeness (QED) is 0.924. The van der Waals surface area contributed by atoms with Crippen LogP contribution in [0, 0.1) is 0 Å². The molecule has 2 rings (SSSR count). The number of rotatable bonds is 4. The van der Waals surface area contributed by atoms with Crippen LogP contribution in [0.5, 0.6) is 0 Å². The lowest BCUT2D eigenvalue weighted by molar-refractivity contribution is 0.143. The first-order valence-corrected chi connectivity index (χ1v) is 5.99. The third-order valence-electron chi connectivity index (χ3n) is 2.25. The van der Waals surface area contributed by atoms with E-state index >= 15 is 0 Å². The Bertz CT molecular complexity index is 564. The van der Waals surface area contributed by atoms with Crippen molar-refractivity contribution in [1.29, 1.82) is 0 Å². The molecule has 0 saturated heterocycles. The van der Waals surface area contributed by atoms with E-state index in [2.05, 4.69) is 5.32 Å². The fourth-order valence-electron chi connectivity index (χ4n) is 1.40. The van der Waals surface area contributed by atoms with Gasteiger partial charge in [-0.1, -0.05) is 23.7 Å². The number of ether oxygens (including phenoxy) is 1.